The highest BCUT2D eigenvalue weighted by Crippen LogP contribution is 2.19. The Hall–Kier alpha value is -2.47. The number of amides is 1. The highest BCUT2D eigenvalue weighted by atomic mass is 19.1. The average Bonchev–Trinajstić information content (AvgIpc) is 3.12. The number of ketones is 1. The van der Waals surface area contributed by atoms with Crippen LogP contribution in [0.15, 0.2) is 30.5 Å². The van der Waals surface area contributed by atoms with Gasteiger partial charge < -0.3 is 15.6 Å². The van der Waals surface area contributed by atoms with Crippen molar-refractivity contribution in [1.29, 1.82) is 0 Å². The summed E-state index contributed by atoms with van der Waals surface area (Å²) in [7, 11) is 0. The number of aromatic amines is 1. The third kappa shape index (κ3) is 3.79. The van der Waals surface area contributed by atoms with E-state index in [1.807, 2.05) is 6.92 Å². The smallest absolute Gasteiger partial charge is 0.267 e. The molecule has 1 aromatic heterocycles. The molecule has 5 nitrogen and oxygen atoms in total. The molecule has 1 aliphatic rings. The third-order valence-corrected chi connectivity index (χ3v) is 4.57. The van der Waals surface area contributed by atoms with Crippen LogP contribution in [0.25, 0.3) is 0 Å². The number of carbonyl (C=O) groups excluding carboxylic acids is 2. The normalized spacial score (nSPS) is 15.1. The Morgan fingerprint density at radius 2 is 2.04 bits per heavy atom. The summed E-state index contributed by atoms with van der Waals surface area (Å²) < 4.78 is 14.1. The van der Waals surface area contributed by atoms with Gasteiger partial charge in [0.2, 0.25) is 0 Å². The van der Waals surface area contributed by atoms with Crippen molar-refractivity contribution in [3.05, 3.63) is 58.7 Å². The van der Waals surface area contributed by atoms with Crippen LogP contribution in [0.4, 0.5) is 4.39 Å². The van der Waals surface area contributed by atoms with E-state index in [0.717, 1.165) is 25.9 Å². The van der Waals surface area contributed by atoms with Crippen LogP contribution in [0.5, 0.6) is 0 Å². The van der Waals surface area contributed by atoms with Gasteiger partial charge in [-0.1, -0.05) is 19.1 Å². The van der Waals surface area contributed by atoms with Gasteiger partial charge in [-0.2, -0.15) is 0 Å². The monoisotopic (exact) mass is 343 g/mol. The van der Waals surface area contributed by atoms with E-state index in [4.69, 9.17) is 0 Å². The van der Waals surface area contributed by atoms with Crippen molar-refractivity contribution in [2.75, 3.05) is 13.1 Å². The number of halogens is 1. The van der Waals surface area contributed by atoms with Crippen LogP contribution >= 0.6 is 0 Å². The Kier molecular flexibility index (Phi) is 5.28. The van der Waals surface area contributed by atoms with Crippen LogP contribution < -0.4 is 10.6 Å². The van der Waals surface area contributed by atoms with E-state index in [0.29, 0.717) is 17.7 Å². The first kappa shape index (κ1) is 17.4. The van der Waals surface area contributed by atoms with Gasteiger partial charge in [-0.15, -0.1) is 0 Å². The maximum absolute atomic E-state index is 14.1. The van der Waals surface area contributed by atoms with Gasteiger partial charge in [0.05, 0.1) is 5.56 Å². The molecule has 1 amide bonds. The fourth-order valence-electron chi connectivity index (χ4n) is 3.15. The van der Waals surface area contributed by atoms with E-state index in [-0.39, 0.29) is 23.1 Å². The van der Waals surface area contributed by atoms with E-state index >= 15 is 0 Å². The molecule has 6 heteroatoms. The van der Waals surface area contributed by atoms with Gasteiger partial charge in [0.15, 0.2) is 5.78 Å². The van der Waals surface area contributed by atoms with Gasteiger partial charge in [-0.05, 0) is 50.0 Å². The zero-order valence-electron chi connectivity index (χ0n) is 14.2. The minimum Gasteiger partial charge on any atom is -0.356 e. The van der Waals surface area contributed by atoms with Crippen LogP contribution in [0.2, 0.25) is 0 Å². The Balaban J connectivity index is 1.77. The molecule has 0 radical (unpaired) electrons. The van der Waals surface area contributed by atoms with Crippen LogP contribution in [-0.2, 0) is 6.42 Å². The standard InChI is InChI=1S/C19H22FN3O2/c1-2-12-4-3-5-15(20)17(12)18(24)13-10-16(22-11-13)19(25)23-14-6-8-21-9-7-14/h3-5,10-11,14,21-22H,2,6-9H2,1H3,(H,23,25). The number of aromatic nitrogens is 1. The molecule has 25 heavy (non-hydrogen) atoms. The quantitative estimate of drug-likeness (QED) is 0.730. The zero-order chi connectivity index (χ0) is 17.8. The Morgan fingerprint density at radius 3 is 2.76 bits per heavy atom. The first-order valence-corrected chi connectivity index (χ1v) is 8.62. The van der Waals surface area contributed by atoms with E-state index in [2.05, 4.69) is 15.6 Å². The molecule has 0 saturated carbocycles. The van der Waals surface area contributed by atoms with Gasteiger partial charge in [0, 0.05) is 17.8 Å². The van der Waals surface area contributed by atoms with E-state index in [1.54, 1.807) is 12.1 Å². The Bertz CT molecular complexity index is 779. The number of rotatable bonds is 5. The lowest BCUT2D eigenvalue weighted by molar-refractivity contribution is 0.0925. The molecule has 0 bridgehead atoms. The lowest BCUT2D eigenvalue weighted by Gasteiger charge is -2.23. The predicted molar refractivity (Wildman–Crippen MR) is 93.4 cm³/mol. The summed E-state index contributed by atoms with van der Waals surface area (Å²) in [4.78, 5) is 27.8. The number of hydrogen-bond acceptors (Lipinski definition) is 3. The summed E-state index contributed by atoms with van der Waals surface area (Å²) in [6.07, 6.45) is 3.79. The van der Waals surface area contributed by atoms with Gasteiger partial charge in [-0.3, -0.25) is 9.59 Å². The van der Waals surface area contributed by atoms with Crippen LogP contribution in [-0.4, -0.2) is 35.8 Å². The fraction of sp³-hybridized carbons (Fsp3) is 0.368. The van der Waals surface area contributed by atoms with Crippen molar-refractivity contribution in [2.24, 2.45) is 0 Å². The summed E-state index contributed by atoms with van der Waals surface area (Å²) >= 11 is 0. The number of aryl methyl sites for hydroxylation is 1. The second-order valence-electron chi connectivity index (χ2n) is 6.26. The maximum atomic E-state index is 14.1. The molecular weight excluding hydrogens is 321 g/mol. The summed E-state index contributed by atoms with van der Waals surface area (Å²) in [6.45, 7) is 3.64. The first-order chi connectivity index (χ1) is 12.1. The van der Waals surface area contributed by atoms with Gasteiger partial charge >= 0.3 is 0 Å². The second kappa shape index (κ2) is 7.61. The average molecular weight is 343 g/mol. The molecule has 0 spiro atoms. The number of piperidine rings is 1. The van der Waals surface area contributed by atoms with Crippen LogP contribution in [0.1, 0.15) is 51.7 Å². The summed E-state index contributed by atoms with van der Waals surface area (Å²) in [5.41, 5.74) is 1.34. The number of benzene rings is 1. The van der Waals surface area contributed by atoms with Gasteiger partial charge in [-0.25, -0.2) is 4.39 Å². The molecule has 0 aliphatic carbocycles. The summed E-state index contributed by atoms with van der Waals surface area (Å²) in [5.74, 6) is -1.19. The fourth-order valence-corrected chi connectivity index (χ4v) is 3.15. The summed E-state index contributed by atoms with van der Waals surface area (Å²) in [6, 6.07) is 6.25. The minimum absolute atomic E-state index is 0.0781. The largest absolute Gasteiger partial charge is 0.356 e. The second-order valence-corrected chi connectivity index (χ2v) is 6.26. The van der Waals surface area contributed by atoms with Crippen molar-refractivity contribution >= 4 is 11.7 Å². The van der Waals surface area contributed by atoms with Gasteiger partial charge in [0.25, 0.3) is 5.91 Å². The topological polar surface area (TPSA) is 74.0 Å². The lowest BCUT2D eigenvalue weighted by atomic mass is 9.97. The number of hydrogen-bond donors (Lipinski definition) is 3. The molecule has 1 aromatic carbocycles. The minimum atomic E-state index is -0.536. The van der Waals surface area contributed by atoms with Crippen molar-refractivity contribution in [2.45, 2.75) is 32.2 Å². The molecule has 0 atom stereocenters. The number of H-pyrrole nitrogens is 1. The van der Waals surface area contributed by atoms with Crippen LogP contribution in [0.3, 0.4) is 0 Å². The molecule has 2 aromatic rings. The van der Waals surface area contributed by atoms with E-state index in [9.17, 15) is 14.0 Å². The van der Waals surface area contributed by atoms with Crippen molar-refractivity contribution in [3.8, 4) is 0 Å². The van der Waals surface area contributed by atoms with Crippen LogP contribution in [0, 0.1) is 5.82 Å². The maximum Gasteiger partial charge on any atom is 0.267 e. The molecule has 132 valence electrons. The van der Waals surface area contributed by atoms with Crippen molar-refractivity contribution < 1.29 is 14.0 Å². The Labute approximate surface area is 146 Å². The number of carbonyl (C=O) groups is 2. The molecule has 2 heterocycles. The molecule has 1 fully saturated rings. The lowest BCUT2D eigenvalue weighted by Crippen LogP contribution is -2.42. The highest BCUT2D eigenvalue weighted by Gasteiger charge is 2.21. The van der Waals surface area contributed by atoms with E-state index in [1.165, 1.54) is 18.3 Å². The number of nitrogens with one attached hydrogen (secondary N) is 3. The van der Waals surface area contributed by atoms with Crippen molar-refractivity contribution in [1.82, 2.24) is 15.6 Å². The predicted octanol–water partition coefficient (Wildman–Crippen LogP) is 2.43. The van der Waals surface area contributed by atoms with E-state index < -0.39 is 11.6 Å². The third-order valence-electron chi connectivity index (χ3n) is 4.57. The SMILES string of the molecule is CCc1cccc(F)c1C(=O)c1c[nH]c(C(=O)NC2CCNCC2)c1. The molecule has 3 rings (SSSR count). The molecule has 1 saturated heterocycles. The first-order valence-electron chi connectivity index (χ1n) is 8.62. The molecule has 3 N–H and O–H groups in total. The molecule has 1 aliphatic heterocycles. The Morgan fingerprint density at radius 1 is 1.28 bits per heavy atom. The molecule has 0 unspecified atom stereocenters. The molecular formula is C19H22FN3O2. The van der Waals surface area contributed by atoms with Crippen molar-refractivity contribution in [3.63, 3.8) is 0 Å². The zero-order valence-corrected chi connectivity index (χ0v) is 14.2. The highest BCUT2D eigenvalue weighted by molar-refractivity contribution is 6.11. The van der Waals surface area contributed by atoms with Gasteiger partial charge in [0.1, 0.15) is 11.5 Å². The summed E-state index contributed by atoms with van der Waals surface area (Å²) in [5, 5.41) is 6.21.